The lowest BCUT2D eigenvalue weighted by atomic mass is 10.1. The molecule has 0 amide bonds. The van der Waals surface area contributed by atoms with Crippen molar-refractivity contribution in [2.45, 2.75) is 25.2 Å². The summed E-state index contributed by atoms with van der Waals surface area (Å²) in [5.41, 5.74) is -10.9. The van der Waals surface area contributed by atoms with E-state index in [4.69, 9.17) is 0 Å². The molecular formula is C11H6F6N3O5S-. The van der Waals surface area contributed by atoms with Crippen molar-refractivity contribution in [3.8, 4) is 5.75 Å². The molecule has 26 heavy (non-hydrogen) atoms. The predicted molar refractivity (Wildman–Crippen MR) is 68.1 cm³/mol. The van der Waals surface area contributed by atoms with Gasteiger partial charge in [0.05, 0.1) is 23.1 Å². The number of carbonyl (C=O) groups excluding carboxylic acids is 1. The second-order valence-electron chi connectivity index (χ2n) is 4.63. The minimum atomic E-state index is -6.48. The average molecular weight is 406 g/mol. The lowest BCUT2D eigenvalue weighted by Gasteiger charge is -2.18. The first kappa shape index (κ1) is 19.7. The van der Waals surface area contributed by atoms with E-state index in [1.54, 1.807) is 0 Å². The minimum absolute atomic E-state index is 0.107. The molecule has 2 rings (SSSR count). The zero-order chi connectivity index (χ0) is 20.1. The number of aryl methyl sites for hydroxylation is 1. The van der Waals surface area contributed by atoms with Gasteiger partial charge in [-0.05, 0) is 6.92 Å². The molecule has 0 saturated heterocycles. The number of aromatic nitrogens is 3. The number of fused-ring (bicyclic) bond motifs is 1. The normalized spacial score (nSPS) is 13.2. The van der Waals surface area contributed by atoms with Crippen LogP contribution in [0.4, 0.5) is 26.3 Å². The SMILES string of the molecule is CCn1ncc2c(OS(=O)(=O)C(F)(F)F)c(C(=O)[O-])c(C(F)(F)F)nc21. The highest BCUT2D eigenvalue weighted by molar-refractivity contribution is 7.88. The molecule has 0 aliphatic carbocycles. The first-order valence-corrected chi connectivity index (χ1v) is 7.80. The largest absolute Gasteiger partial charge is 0.545 e. The summed E-state index contributed by atoms with van der Waals surface area (Å²) < 4.78 is 104. The van der Waals surface area contributed by atoms with Gasteiger partial charge in [-0.3, -0.25) is 0 Å². The number of aromatic carboxylic acids is 1. The van der Waals surface area contributed by atoms with E-state index in [1.165, 1.54) is 6.92 Å². The van der Waals surface area contributed by atoms with Crippen molar-refractivity contribution in [2.24, 2.45) is 0 Å². The molecule has 0 aliphatic rings. The number of halogens is 6. The van der Waals surface area contributed by atoms with Gasteiger partial charge < -0.3 is 14.1 Å². The van der Waals surface area contributed by atoms with Crippen molar-refractivity contribution in [2.75, 3.05) is 0 Å². The third-order valence-corrected chi connectivity index (χ3v) is 3.94. The summed E-state index contributed by atoms with van der Waals surface area (Å²) in [4.78, 5) is 14.2. The molecule has 0 atom stereocenters. The number of carboxylic acid groups (broad SMARTS) is 1. The Labute approximate surface area is 140 Å². The quantitative estimate of drug-likeness (QED) is 0.424. The highest BCUT2D eigenvalue weighted by Crippen LogP contribution is 2.40. The van der Waals surface area contributed by atoms with Crippen molar-refractivity contribution >= 4 is 27.1 Å². The van der Waals surface area contributed by atoms with Crippen LogP contribution in [0.5, 0.6) is 5.75 Å². The van der Waals surface area contributed by atoms with Crippen LogP contribution in [-0.4, -0.2) is 34.7 Å². The van der Waals surface area contributed by atoms with Gasteiger partial charge in [-0.15, -0.1) is 0 Å². The number of hydrogen-bond acceptors (Lipinski definition) is 7. The predicted octanol–water partition coefficient (Wildman–Crippen LogP) is 1.06. The zero-order valence-corrected chi connectivity index (χ0v) is 13.2. The Kier molecular flexibility index (Phi) is 4.55. The Morgan fingerprint density at radius 3 is 2.27 bits per heavy atom. The van der Waals surface area contributed by atoms with Crippen LogP contribution in [0.2, 0.25) is 0 Å². The van der Waals surface area contributed by atoms with Gasteiger partial charge in [0.15, 0.2) is 17.1 Å². The lowest BCUT2D eigenvalue weighted by molar-refractivity contribution is -0.256. The highest BCUT2D eigenvalue weighted by Gasteiger charge is 2.50. The summed E-state index contributed by atoms with van der Waals surface area (Å²) in [6.45, 7) is 1.28. The third-order valence-electron chi connectivity index (χ3n) is 2.99. The molecule has 15 heteroatoms. The molecule has 0 radical (unpaired) electrons. The smallest absolute Gasteiger partial charge is 0.534 e. The van der Waals surface area contributed by atoms with Crippen LogP contribution in [0.15, 0.2) is 6.20 Å². The van der Waals surface area contributed by atoms with Crippen molar-refractivity contribution < 1.29 is 48.8 Å². The van der Waals surface area contributed by atoms with Gasteiger partial charge in [0, 0.05) is 6.54 Å². The van der Waals surface area contributed by atoms with E-state index in [0.29, 0.717) is 6.20 Å². The molecule has 2 aromatic heterocycles. The molecule has 0 aromatic carbocycles. The maximum absolute atomic E-state index is 13.1. The van der Waals surface area contributed by atoms with Gasteiger partial charge in [0.2, 0.25) is 0 Å². The summed E-state index contributed by atoms with van der Waals surface area (Å²) in [6.07, 6.45) is -4.84. The lowest BCUT2D eigenvalue weighted by Crippen LogP contribution is -2.32. The fourth-order valence-electron chi connectivity index (χ4n) is 1.93. The number of hydrogen-bond donors (Lipinski definition) is 0. The summed E-state index contributed by atoms with van der Waals surface area (Å²) in [5.74, 6) is -4.37. The number of carbonyl (C=O) groups is 1. The fourth-order valence-corrected chi connectivity index (χ4v) is 2.42. The topological polar surface area (TPSA) is 114 Å². The Morgan fingerprint density at radius 1 is 1.27 bits per heavy atom. The maximum Gasteiger partial charge on any atom is 0.534 e. The van der Waals surface area contributed by atoms with E-state index >= 15 is 0 Å². The van der Waals surface area contributed by atoms with E-state index in [-0.39, 0.29) is 6.54 Å². The van der Waals surface area contributed by atoms with Crippen LogP contribution in [0, 0.1) is 0 Å². The molecule has 144 valence electrons. The highest BCUT2D eigenvalue weighted by atomic mass is 32.2. The van der Waals surface area contributed by atoms with Crippen LogP contribution in [-0.2, 0) is 22.8 Å². The number of alkyl halides is 6. The summed E-state index contributed by atoms with van der Waals surface area (Å²) in [6, 6.07) is 0. The third kappa shape index (κ3) is 3.25. The van der Waals surface area contributed by atoms with Crippen molar-refractivity contribution in [1.29, 1.82) is 0 Å². The van der Waals surface area contributed by atoms with Crippen LogP contribution in [0.3, 0.4) is 0 Å². The maximum atomic E-state index is 13.1. The monoisotopic (exact) mass is 406 g/mol. The molecule has 0 aliphatic heterocycles. The molecule has 2 aromatic rings. The van der Waals surface area contributed by atoms with Gasteiger partial charge in [0.25, 0.3) is 0 Å². The van der Waals surface area contributed by atoms with Crippen LogP contribution in [0.1, 0.15) is 23.0 Å². The van der Waals surface area contributed by atoms with Gasteiger partial charge in [-0.1, -0.05) is 0 Å². The molecule has 0 bridgehead atoms. The number of nitrogens with zero attached hydrogens (tertiary/aromatic N) is 3. The Bertz CT molecular complexity index is 979. The van der Waals surface area contributed by atoms with E-state index in [9.17, 15) is 44.7 Å². The van der Waals surface area contributed by atoms with Crippen LogP contribution in [0.25, 0.3) is 11.0 Å². The fraction of sp³-hybridized carbons (Fsp3) is 0.364. The van der Waals surface area contributed by atoms with Crippen molar-refractivity contribution in [1.82, 2.24) is 14.8 Å². The van der Waals surface area contributed by atoms with E-state index in [0.717, 1.165) is 4.68 Å². The molecule has 0 unspecified atom stereocenters. The van der Waals surface area contributed by atoms with E-state index in [1.807, 2.05) is 0 Å². The number of carboxylic acids is 1. The molecular weight excluding hydrogens is 400 g/mol. The molecule has 0 saturated carbocycles. The molecule has 2 heterocycles. The Morgan fingerprint density at radius 2 is 1.85 bits per heavy atom. The standard InChI is InChI=1S/C11H7F6N3O5S/c1-2-20-8-4(3-18-20)6(25-26(23,24)11(15,16)17)5(9(21)22)7(19-8)10(12,13)14/h3H,2H2,1H3,(H,21,22)/p-1. The van der Waals surface area contributed by atoms with Crippen molar-refractivity contribution in [3.05, 3.63) is 17.5 Å². The second-order valence-corrected chi connectivity index (χ2v) is 6.17. The van der Waals surface area contributed by atoms with Crippen LogP contribution < -0.4 is 9.29 Å². The van der Waals surface area contributed by atoms with E-state index < -0.39 is 55.8 Å². The van der Waals surface area contributed by atoms with Crippen molar-refractivity contribution in [3.63, 3.8) is 0 Å². The zero-order valence-electron chi connectivity index (χ0n) is 12.3. The Hall–Kier alpha value is -2.58. The molecule has 0 fully saturated rings. The molecule has 8 nitrogen and oxygen atoms in total. The van der Waals surface area contributed by atoms with Gasteiger partial charge in [-0.2, -0.15) is 39.9 Å². The second kappa shape index (κ2) is 6.00. The van der Waals surface area contributed by atoms with Crippen LogP contribution >= 0.6 is 0 Å². The van der Waals surface area contributed by atoms with Gasteiger partial charge in [-0.25, -0.2) is 9.67 Å². The van der Waals surface area contributed by atoms with Gasteiger partial charge >= 0.3 is 21.8 Å². The van der Waals surface area contributed by atoms with Gasteiger partial charge in [0.1, 0.15) is 0 Å². The first-order chi connectivity index (χ1) is 11.7. The number of rotatable bonds is 4. The minimum Gasteiger partial charge on any atom is -0.545 e. The average Bonchev–Trinajstić information content (AvgIpc) is 2.87. The van der Waals surface area contributed by atoms with E-state index in [2.05, 4.69) is 14.3 Å². The number of pyridine rings is 1. The molecule has 0 spiro atoms. The molecule has 0 N–H and O–H groups in total. The first-order valence-electron chi connectivity index (χ1n) is 6.39. The Balaban J connectivity index is 2.96. The summed E-state index contributed by atoms with van der Waals surface area (Å²) in [5, 5.41) is 13.8. The summed E-state index contributed by atoms with van der Waals surface area (Å²) in [7, 11) is -6.48. The summed E-state index contributed by atoms with van der Waals surface area (Å²) >= 11 is 0.